The van der Waals surface area contributed by atoms with Gasteiger partial charge in [-0.05, 0) is 49.9 Å². The van der Waals surface area contributed by atoms with Gasteiger partial charge in [0, 0.05) is 29.7 Å². The number of carbonyl (C=O) groups is 1. The lowest BCUT2D eigenvalue weighted by Crippen LogP contribution is -2.51. The molecule has 1 saturated heterocycles. The van der Waals surface area contributed by atoms with Crippen molar-refractivity contribution in [1.82, 2.24) is 10.4 Å². The first-order chi connectivity index (χ1) is 13.9. The molecule has 3 rings (SSSR count). The largest absolute Gasteiger partial charge is 0.292 e. The number of piperidine rings is 1. The van der Waals surface area contributed by atoms with E-state index in [1.165, 1.54) is 25.7 Å². The van der Waals surface area contributed by atoms with Crippen molar-refractivity contribution in [1.29, 1.82) is 0 Å². The highest BCUT2D eigenvalue weighted by Gasteiger charge is 2.48. The Morgan fingerprint density at radius 1 is 1.24 bits per heavy atom. The van der Waals surface area contributed by atoms with Gasteiger partial charge in [0.15, 0.2) is 9.84 Å². The van der Waals surface area contributed by atoms with Gasteiger partial charge in [0.25, 0.3) is 0 Å². The van der Waals surface area contributed by atoms with E-state index < -0.39 is 20.5 Å². The number of nitrogens with zero attached hydrogens (tertiary/aromatic N) is 1. The number of likely N-dealkylation sites (tertiary alicyclic amines) is 1. The molecule has 8 heteroatoms. The second kappa shape index (κ2) is 9.52. The average Bonchev–Trinajstić information content (AvgIpc) is 3.23. The van der Waals surface area contributed by atoms with E-state index >= 15 is 0 Å². The van der Waals surface area contributed by atoms with Gasteiger partial charge in [-0.3, -0.25) is 14.9 Å². The van der Waals surface area contributed by atoms with Gasteiger partial charge >= 0.3 is 0 Å². The zero-order chi connectivity index (χ0) is 20.9. The molecule has 1 aromatic rings. The van der Waals surface area contributed by atoms with Crippen molar-refractivity contribution in [2.75, 3.05) is 19.6 Å². The standard InChI is InChI=1S/C21H28N2O4S2/c1-2-13-23-14-11-21(12-15-23,16-20(24)22-25)29(26,27)19-9-7-18(8-10-19)28-17-5-3-4-6-17/h1,7-10,17,25H,3-6,11-16H2,(H,22,24). The third kappa shape index (κ3) is 4.97. The van der Waals surface area contributed by atoms with Gasteiger partial charge in [-0.1, -0.05) is 18.8 Å². The molecule has 0 spiro atoms. The Morgan fingerprint density at radius 2 is 1.86 bits per heavy atom. The van der Waals surface area contributed by atoms with Crippen molar-refractivity contribution in [2.24, 2.45) is 0 Å². The first kappa shape index (κ1) is 22.2. The maximum atomic E-state index is 13.6. The minimum absolute atomic E-state index is 0.226. The summed E-state index contributed by atoms with van der Waals surface area (Å²) in [5.74, 6) is 1.89. The lowest BCUT2D eigenvalue weighted by Gasteiger charge is -2.40. The number of benzene rings is 1. The fourth-order valence-corrected chi connectivity index (χ4v) is 7.55. The summed E-state index contributed by atoms with van der Waals surface area (Å²) in [5, 5.41) is 9.60. The predicted molar refractivity (Wildman–Crippen MR) is 114 cm³/mol. The van der Waals surface area contributed by atoms with Crippen LogP contribution in [0.5, 0.6) is 0 Å². The Labute approximate surface area is 177 Å². The summed E-state index contributed by atoms with van der Waals surface area (Å²) in [6, 6.07) is 7.03. The molecule has 1 amide bonds. The summed E-state index contributed by atoms with van der Waals surface area (Å²) in [6.45, 7) is 1.45. The molecular weight excluding hydrogens is 408 g/mol. The molecule has 1 saturated carbocycles. The van der Waals surface area contributed by atoms with Crippen LogP contribution in [0.25, 0.3) is 0 Å². The molecular formula is C21H28N2O4S2. The molecule has 1 aliphatic heterocycles. The fourth-order valence-electron chi connectivity index (χ4n) is 4.27. The third-order valence-electron chi connectivity index (χ3n) is 6.00. The summed E-state index contributed by atoms with van der Waals surface area (Å²) < 4.78 is 25.9. The summed E-state index contributed by atoms with van der Waals surface area (Å²) in [7, 11) is -3.77. The van der Waals surface area contributed by atoms with E-state index in [4.69, 9.17) is 11.6 Å². The van der Waals surface area contributed by atoms with Crippen LogP contribution in [0.1, 0.15) is 44.9 Å². The van der Waals surface area contributed by atoms with Gasteiger partial charge in [0.05, 0.1) is 16.2 Å². The van der Waals surface area contributed by atoms with Crippen LogP contribution >= 0.6 is 11.8 Å². The smallest absolute Gasteiger partial charge is 0.244 e. The van der Waals surface area contributed by atoms with E-state index in [-0.39, 0.29) is 11.3 Å². The van der Waals surface area contributed by atoms with Crippen molar-refractivity contribution in [3.63, 3.8) is 0 Å². The molecule has 158 valence electrons. The van der Waals surface area contributed by atoms with Crippen molar-refractivity contribution in [2.45, 2.75) is 64.7 Å². The molecule has 1 heterocycles. The van der Waals surface area contributed by atoms with E-state index in [9.17, 15) is 13.2 Å². The van der Waals surface area contributed by atoms with Crippen molar-refractivity contribution >= 4 is 27.5 Å². The van der Waals surface area contributed by atoms with E-state index in [1.807, 2.05) is 28.8 Å². The topological polar surface area (TPSA) is 86.7 Å². The van der Waals surface area contributed by atoms with Gasteiger partial charge in [-0.15, -0.1) is 18.2 Å². The molecule has 0 unspecified atom stereocenters. The van der Waals surface area contributed by atoms with E-state index in [0.717, 1.165) is 4.90 Å². The molecule has 1 aromatic carbocycles. The van der Waals surface area contributed by atoms with Crippen molar-refractivity contribution in [3.05, 3.63) is 24.3 Å². The Hall–Kier alpha value is -1.53. The van der Waals surface area contributed by atoms with Crippen LogP contribution in [0, 0.1) is 12.3 Å². The predicted octanol–water partition coefficient (Wildman–Crippen LogP) is 2.86. The summed E-state index contributed by atoms with van der Waals surface area (Å²) in [5.41, 5.74) is 1.59. The van der Waals surface area contributed by atoms with Gasteiger partial charge < -0.3 is 0 Å². The number of amides is 1. The molecule has 2 fully saturated rings. The molecule has 0 aromatic heterocycles. The maximum absolute atomic E-state index is 13.6. The van der Waals surface area contributed by atoms with Crippen LogP contribution in [-0.4, -0.2) is 54.1 Å². The number of hydrogen-bond acceptors (Lipinski definition) is 6. The molecule has 0 atom stereocenters. The van der Waals surface area contributed by atoms with Gasteiger partial charge in [-0.25, -0.2) is 13.9 Å². The number of hydroxylamine groups is 1. The zero-order valence-electron chi connectivity index (χ0n) is 16.5. The van der Waals surface area contributed by atoms with Crippen LogP contribution < -0.4 is 5.48 Å². The number of carbonyl (C=O) groups excluding carboxylic acids is 1. The van der Waals surface area contributed by atoms with E-state index in [2.05, 4.69) is 5.92 Å². The SMILES string of the molecule is C#CCN1CCC(CC(=O)NO)(S(=O)(=O)c2ccc(SC3CCCC3)cc2)CC1. The number of terminal acetylenes is 1. The van der Waals surface area contributed by atoms with Gasteiger partial charge in [0.1, 0.15) is 0 Å². The molecule has 0 radical (unpaired) electrons. The third-order valence-corrected chi connectivity index (χ3v) is 9.93. The number of nitrogens with one attached hydrogen (secondary N) is 1. The minimum Gasteiger partial charge on any atom is -0.292 e. The Kier molecular flexibility index (Phi) is 7.28. The minimum atomic E-state index is -3.77. The fraction of sp³-hybridized carbons (Fsp3) is 0.571. The second-order valence-electron chi connectivity index (χ2n) is 7.87. The monoisotopic (exact) mass is 436 g/mol. The summed E-state index contributed by atoms with van der Waals surface area (Å²) >= 11 is 1.81. The molecule has 0 bridgehead atoms. The van der Waals surface area contributed by atoms with Crippen LogP contribution in [0.15, 0.2) is 34.1 Å². The first-order valence-electron chi connectivity index (χ1n) is 10.0. The molecule has 6 nitrogen and oxygen atoms in total. The Morgan fingerprint density at radius 3 is 2.41 bits per heavy atom. The molecule has 2 aliphatic rings. The Bertz CT molecular complexity index is 848. The van der Waals surface area contributed by atoms with Crippen LogP contribution in [-0.2, 0) is 14.6 Å². The highest BCUT2D eigenvalue weighted by atomic mass is 32.2. The van der Waals surface area contributed by atoms with E-state index in [1.54, 1.807) is 17.6 Å². The number of rotatable bonds is 7. The van der Waals surface area contributed by atoms with Crippen LogP contribution in [0.4, 0.5) is 0 Å². The first-order valence-corrected chi connectivity index (χ1v) is 12.4. The molecule has 29 heavy (non-hydrogen) atoms. The van der Waals surface area contributed by atoms with E-state index in [0.29, 0.717) is 37.7 Å². The summed E-state index contributed by atoms with van der Waals surface area (Å²) in [4.78, 5) is 15.2. The number of hydrogen-bond donors (Lipinski definition) is 2. The average molecular weight is 437 g/mol. The maximum Gasteiger partial charge on any atom is 0.244 e. The van der Waals surface area contributed by atoms with Gasteiger partial charge in [-0.2, -0.15) is 0 Å². The second-order valence-corrected chi connectivity index (χ2v) is 11.6. The molecule has 2 N–H and O–H groups in total. The lowest BCUT2D eigenvalue weighted by molar-refractivity contribution is -0.130. The highest BCUT2D eigenvalue weighted by Crippen LogP contribution is 2.40. The van der Waals surface area contributed by atoms with Crippen LogP contribution in [0.3, 0.4) is 0 Å². The number of sulfone groups is 1. The lowest BCUT2D eigenvalue weighted by atomic mass is 9.92. The normalized spacial score (nSPS) is 20.3. The quantitative estimate of drug-likeness (QED) is 0.388. The number of thioether (sulfide) groups is 1. The summed E-state index contributed by atoms with van der Waals surface area (Å²) in [6.07, 6.45) is 10.6. The van der Waals surface area contributed by atoms with Crippen molar-refractivity contribution < 1.29 is 18.4 Å². The van der Waals surface area contributed by atoms with Gasteiger partial charge in [0.2, 0.25) is 5.91 Å². The highest BCUT2D eigenvalue weighted by molar-refractivity contribution is 8.00. The molecule has 1 aliphatic carbocycles. The van der Waals surface area contributed by atoms with Crippen LogP contribution in [0.2, 0.25) is 0 Å². The Balaban J connectivity index is 1.82. The zero-order valence-corrected chi connectivity index (χ0v) is 18.1. The van der Waals surface area contributed by atoms with Crippen molar-refractivity contribution in [3.8, 4) is 12.3 Å².